The van der Waals surface area contributed by atoms with Gasteiger partial charge in [-0.3, -0.25) is 4.79 Å². The number of nitrogens with zero attached hydrogens (tertiary/aromatic N) is 2. The third-order valence-electron chi connectivity index (χ3n) is 6.93. The van der Waals surface area contributed by atoms with Gasteiger partial charge in [-0.05, 0) is 28.3 Å². The molecule has 6 rings (SSSR count). The van der Waals surface area contributed by atoms with Gasteiger partial charge in [-0.15, -0.1) is 0 Å². The van der Waals surface area contributed by atoms with Crippen LogP contribution in [0.4, 0.5) is 4.39 Å². The highest BCUT2D eigenvalue weighted by Crippen LogP contribution is 2.43. The molecule has 5 aromatic carbocycles. The smallest absolute Gasteiger partial charge is 0.150 e. The third-order valence-corrected chi connectivity index (χ3v) is 6.93. The molecule has 0 N–H and O–H groups in total. The monoisotopic (exact) mass is 482 g/mol. The maximum absolute atomic E-state index is 15.7. The molecule has 4 heteroatoms. The first-order chi connectivity index (χ1) is 18.2. The first-order valence-corrected chi connectivity index (χ1v) is 12.1. The van der Waals surface area contributed by atoms with Crippen molar-refractivity contribution in [1.29, 1.82) is 0 Å². The van der Waals surface area contributed by atoms with E-state index in [9.17, 15) is 4.79 Å². The van der Waals surface area contributed by atoms with Gasteiger partial charge in [0.1, 0.15) is 17.6 Å². The molecule has 0 fully saturated rings. The fraction of sp³-hybridized carbons (Fsp3) is 0.0303. The summed E-state index contributed by atoms with van der Waals surface area (Å²) in [6, 6.07) is 41.0. The van der Waals surface area contributed by atoms with E-state index >= 15 is 4.39 Å². The second-order valence-corrected chi connectivity index (χ2v) is 8.98. The number of benzene rings is 5. The normalized spacial score (nSPS) is 11.5. The molecule has 0 amide bonds. The molecule has 1 aromatic heterocycles. The van der Waals surface area contributed by atoms with Gasteiger partial charge >= 0.3 is 0 Å². The number of fused-ring (bicyclic) bond motifs is 1. The van der Waals surface area contributed by atoms with Crippen LogP contribution in [-0.4, -0.2) is 15.8 Å². The van der Waals surface area contributed by atoms with Crippen LogP contribution in [0.5, 0.6) is 0 Å². The molecule has 0 saturated carbocycles. The largest absolute Gasteiger partial charge is 0.312 e. The zero-order chi connectivity index (χ0) is 25.2. The van der Waals surface area contributed by atoms with Crippen molar-refractivity contribution in [3.05, 3.63) is 162 Å². The standard InChI is InChI=1S/C33H23FN2O/c34-30-21-32-31(20-29(30)25-18-16-24(22-37)17-19-25)35-23-36(32)33(26-10-4-1-5-11-26,27-12-6-2-7-13-27)28-14-8-3-9-15-28/h1-23H. The van der Waals surface area contributed by atoms with Crippen molar-refractivity contribution in [2.75, 3.05) is 0 Å². The Morgan fingerprint density at radius 3 is 1.68 bits per heavy atom. The lowest BCUT2D eigenvalue weighted by Crippen LogP contribution is -2.37. The van der Waals surface area contributed by atoms with E-state index in [0.717, 1.165) is 23.0 Å². The summed E-state index contributed by atoms with van der Waals surface area (Å²) in [5, 5.41) is 0. The van der Waals surface area contributed by atoms with E-state index in [1.807, 2.05) is 54.6 Å². The summed E-state index contributed by atoms with van der Waals surface area (Å²) >= 11 is 0. The topological polar surface area (TPSA) is 34.9 Å². The number of hydrogen-bond acceptors (Lipinski definition) is 2. The lowest BCUT2D eigenvalue weighted by atomic mass is 9.76. The summed E-state index contributed by atoms with van der Waals surface area (Å²) in [6.07, 6.45) is 2.58. The molecule has 0 unspecified atom stereocenters. The van der Waals surface area contributed by atoms with Crippen LogP contribution in [0.25, 0.3) is 22.2 Å². The Labute approximate surface area is 214 Å². The summed E-state index contributed by atoms with van der Waals surface area (Å²) in [7, 11) is 0. The Balaban J connectivity index is 1.65. The fourth-order valence-corrected chi connectivity index (χ4v) is 5.21. The zero-order valence-electron chi connectivity index (χ0n) is 20.0. The van der Waals surface area contributed by atoms with E-state index in [1.54, 1.807) is 42.7 Å². The minimum absolute atomic E-state index is 0.351. The lowest BCUT2D eigenvalue weighted by molar-refractivity contribution is 0.112. The summed E-state index contributed by atoms with van der Waals surface area (Å²) in [6.45, 7) is 0. The quantitative estimate of drug-likeness (QED) is 0.182. The van der Waals surface area contributed by atoms with Crippen molar-refractivity contribution in [1.82, 2.24) is 9.55 Å². The van der Waals surface area contributed by atoms with E-state index in [0.29, 0.717) is 27.7 Å². The number of carbonyl (C=O) groups excluding carboxylic acids is 1. The molecule has 0 aliphatic rings. The summed E-state index contributed by atoms with van der Waals surface area (Å²) in [4.78, 5) is 15.8. The van der Waals surface area contributed by atoms with Crippen molar-refractivity contribution in [3.8, 4) is 11.1 Å². The molecule has 0 aliphatic heterocycles. The predicted molar refractivity (Wildman–Crippen MR) is 145 cm³/mol. The minimum Gasteiger partial charge on any atom is -0.312 e. The molecule has 3 nitrogen and oxygen atoms in total. The maximum atomic E-state index is 15.7. The van der Waals surface area contributed by atoms with Gasteiger partial charge in [0.2, 0.25) is 0 Å². The molecule has 0 bridgehead atoms. The Morgan fingerprint density at radius 2 is 1.19 bits per heavy atom. The van der Waals surface area contributed by atoms with Gasteiger partial charge in [0.05, 0.1) is 17.4 Å². The first-order valence-electron chi connectivity index (χ1n) is 12.1. The van der Waals surface area contributed by atoms with Gasteiger partial charge in [-0.2, -0.15) is 0 Å². The van der Waals surface area contributed by atoms with E-state index in [1.165, 1.54) is 0 Å². The van der Waals surface area contributed by atoms with Crippen LogP contribution in [0.15, 0.2) is 134 Å². The molecular weight excluding hydrogens is 459 g/mol. The molecule has 0 saturated heterocycles. The van der Waals surface area contributed by atoms with E-state index < -0.39 is 5.54 Å². The van der Waals surface area contributed by atoms with Crippen LogP contribution in [-0.2, 0) is 5.54 Å². The molecule has 0 aliphatic carbocycles. The van der Waals surface area contributed by atoms with Crippen LogP contribution in [0.1, 0.15) is 27.0 Å². The Hall–Kier alpha value is -4.83. The average Bonchev–Trinajstić information content (AvgIpc) is 3.38. The third kappa shape index (κ3) is 3.74. The van der Waals surface area contributed by atoms with Crippen molar-refractivity contribution in [3.63, 3.8) is 0 Å². The molecule has 0 radical (unpaired) electrons. The predicted octanol–water partition coefficient (Wildman–Crippen LogP) is 7.50. The van der Waals surface area contributed by atoms with Gasteiger partial charge in [0, 0.05) is 17.2 Å². The Bertz CT molecular complexity index is 1580. The van der Waals surface area contributed by atoms with Crippen LogP contribution in [0, 0.1) is 5.82 Å². The molecule has 0 spiro atoms. The molecule has 37 heavy (non-hydrogen) atoms. The van der Waals surface area contributed by atoms with Crippen molar-refractivity contribution in [2.24, 2.45) is 0 Å². The fourth-order valence-electron chi connectivity index (χ4n) is 5.21. The van der Waals surface area contributed by atoms with Crippen molar-refractivity contribution < 1.29 is 9.18 Å². The highest BCUT2D eigenvalue weighted by atomic mass is 19.1. The van der Waals surface area contributed by atoms with Crippen LogP contribution in [0.3, 0.4) is 0 Å². The molecular formula is C33H23FN2O. The number of imidazole rings is 1. The Kier molecular flexibility index (Phi) is 5.70. The lowest BCUT2D eigenvalue weighted by Gasteiger charge is -2.38. The number of aromatic nitrogens is 2. The number of halogens is 1. The number of carbonyl (C=O) groups is 1. The first kappa shape index (κ1) is 22.6. The van der Waals surface area contributed by atoms with Gasteiger partial charge in [-0.1, -0.05) is 115 Å². The SMILES string of the molecule is O=Cc1ccc(-c2cc3ncn(C(c4ccccc4)(c4ccccc4)c4ccccc4)c3cc2F)cc1. The molecule has 178 valence electrons. The molecule has 6 aromatic rings. The van der Waals surface area contributed by atoms with Gasteiger partial charge in [0.25, 0.3) is 0 Å². The second kappa shape index (κ2) is 9.32. The number of aldehydes is 1. The number of rotatable bonds is 6. The van der Waals surface area contributed by atoms with Crippen molar-refractivity contribution >= 4 is 17.3 Å². The Morgan fingerprint density at radius 1 is 0.676 bits per heavy atom. The minimum atomic E-state index is -0.780. The average molecular weight is 483 g/mol. The van der Waals surface area contributed by atoms with Crippen LogP contribution < -0.4 is 0 Å². The van der Waals surface area contributed by atoms with E-state index in [-0.39, 0.29) is 5.82 Å². The van der Waals surface area contributed by atoms with E-state index in [2.05, 4.69) is 41.0 Å². The zero-order valence-corrected chi connectivity index (χ0v) is 20.0. The summed E-state index contributed by atoms with van der Waals surface area (Å²) in [5.74, 6) is -0.351. The van der Waals surface area contributed by atoms with Crippen molar-refractivity contribution in [2.45, 2.75) is 5.54 Å². The maximum Gasteiger partial charge on any atom is 0.150 e. The summed E-state index contributed by atoms with van der Waals surface area (Å²) < 4.78 is 17.8. The van der Waals surface area contributed by atoms with Gasteiger partial charge in [-0.25, -0.2) is 9.37 Å². The summed E-state index contributed by atoms with van der Waals surface area (Å²) in [5.41, 5.74) is 5.40. The molecule has 1 heterocycles. The van der Waals surface area contributed by atoms with E-state index in [4.69, 9.17) is 4.98 Å². The van der Waals surface area contributed by atoms with Crippen LogP contribution >= 0.6 is 0 Å². The van der Waals surface area contributed by atoms with Crippen LogP contribution in [0.2, 0.25) is 0 Å². The van der Waals surface area contributed by atoms with Gasteiger partial charge < -0.3 is 4.57 Å². The second-order valence-electron chi connectivity index (χ2n) is 8.98. The number of hydrogen-bond donors (Lipinski definition) is 0. The highest BCUT2D eigenvalue weighted by Gasteiger charge is 2.39. The van der Waals surface area contributed by atoms with Gasteiger partial charge in [0.15, 0.2) is 0 Å². The molecule has 0 atom stereocenters. The highest BCUT2D eigenvalue weighted by molar-refractivity contribution is 5.84.